The van der Waals surface area contributed by atoms with Crippen molar-refractivity contribution < 1.29 is 28.6 Å². The summed E-state index contributed by atoms with van der Waals surface area (Å²) in [5.74, 6) is -0.895. The molecular formula is C62H110O6. The van der Waals surface area contributed by atoms with Gasteiger partial charge in [0.15, 0.2) is 6.10 Å². The van der Waals surface area contributed by atoms with E-state index in [-0.39, 0.29) is 31.1 Å². The molecule has 0 saturated heterocycles. The molecule has 394 valence electrons. The highest BCUT2D eigenvalue weighted by Crippen LogP contribution is 2.16. The van der Waals surface area contributed by atoms with E-state index in [4.69, 9.17) is 14.2 Å². The summed E-state index contributed by atoms with van der Waals surface area (Å²) in [7, 11) is 0. The van der Waals surface area contributed by atoms with Crippen molar-refractivity contribution in [1.82, 2.24) is 0 Å². The van der Waals surface area contributed by atoms with Crippen LogP contribution in [0.3, 0.4) is 0 Å². The van der Waals surface area contributed by atoms with Gasteiger partial charge in [-0.15, -0.1) is 0 Å². The fraction of sp³-hybridized carbons (Fsp3) is 0.790. The minimum atomic E-state index is -0.784. The lowest BCUT2D eigenvalue weighted by Crippen LogP contribution is -2.30. The molecule has 0 aromatic carbocycles. The van der Waals surface area contributed by atoms with Crippen molar-refractivity contribution in [2.75, 3.05) is 13.2 Å². The molecule has 0 aliphatic carbocycles. The molecule has 0 rings (SSSR count). The highest BCUT2D eigenvalue weighted by atomic mass is 16.6. The normalized spacial score (nSPS) is 12.5. The minimum Gasteiger partial charge on any atom is -0.462 e. The van der Waals surface area contributed by atoms with E-state index in [1.165, 1.54) is 161 Å². The maximum Gasteiger partial charge on any atom is 0.306 e. The zero-order valence-electron chi connectivity index (χ0n) is 45.1. The van der Waals surface area contributed by atoms with Gasteiger partial charge in [0.05, 0.1) is 0 Å². The Morgan fingerprint density at radius 2 is 0.544 bits per heavy atom. The SMILES string of the molecule is CCCC/C=C\C/C=C\CCCCCCCC(=O)OCC(COC(=O)CCCCCCCC/C=C\C/C=C\C/C=C\CCCCC)OC(=O)CCCCCCCCCCCCCCCCCCC. The molecule has 0 spiro atoms. The van der Waals surface area contributed by atoms with Crippen molar-refractivity contribution in [3.05, 3.63) is 60.8 Å². The number of hydrogen-bond donors (Lipinski definition) is 0. The summed E-state index contributed by atoms with van der Waals surface area (Å²) in [6.45, 7) is 6.58. The summed E-state index contributed by atoms with van der Waals surface area (Å²) in [4.78, 5) is 38.2. The Balaban J connectivity index is 4.39. The first-order chi connectivity index (χ1) is 33.5. The Kier molecular flexibility index (Phi) is 54.3. The van der Waals surface area contributed by atoms with Gasteiger partial charge in [-0.1, -0.05) is 255 Å². The summed E-state index contributed by atoms with van der Waals surface area (Å²) >= 11 is 0. The van der Waals surface area contributed by atoms with Crippen LogP contribution in [0.4, 0.5) is 0 Å². The van der Waals surface area contributed by atoms with E-state index in [0.29, 0.717) is 19.3 Å². The molecule has 0 aliphatic rings. The lowest BCUT2D eigenvalue weighted by Gasteiger charge is -2.18. The Hall–Kier alpha value is -2.89. The summed E-state index contributed by atoms with van der Waals surface area (Å²) in [6.07, 6.45) is 70.6. The van der Waals surface area contributed by atoms with Crippen LogP contribution in [0.25, 0.3) is 0 Å². The zero-order valence-corrected chi connectivity index (χ0v) is 45.1. The fourth-order valence-corrected chi connectivity index (χ4v) is 8.29. The van der Waals surface area contributed by atoms with Crippen molar-refractivity contribution in [3.63, 3.8) is 0 Å². The average molecular weight is 952 g/mol. The van der Waals surface area contributed by atoms with Crippen molar-refractivity contribution in [2.45, 2.75) is 303 Å². The third kappa shape index (κ3) is 54.1. The van der Waals surface area contributed by atoms with Crippen LogP contribution in [0.15, 0.2) is 60.8 Å². The van der Waals surface area contributed by atoms with E-state index in [9.17, 15) is 14.4 Å². The van der Waals surface area contributed by atoms with Crippen LogP contribution in [0.1, 0.15) is 297 Å². The van der Waals surface area contributed by atoms with Gasteiger partial charge in [-0.2, -0.15) is 0 Å². The van der Waals surface area contributed by atoms with E-state index in [2.05, 4.69) is 81.5 Å². The molecule has 0 N–H and O–H groups in total. The number of ether oxygens (including phenoxy) is 3. The smallest absolute Gasteiger partial charge is 0.306 e. The molecule has 1 unspecified atom stereocenters. The highest BCUT2D eigenvalue weighted by molar-refractivity contribution is 5.71. The molecule has 0 radical (unpaired) electrons. The summed E-state index contributed by atoms with van der Waals surface area (Å²) in [5, 5.41) is 0. The fourth-order valence-electron chi connectivity index (χ4n) is 8.29. The third-order valence-corrected chi connectivity index (χ3v) is 12.7. The van der Waals surface area contributed by atoms with Crippen LogP contribution < -0.4 is 0 Å². The van der Waals surface area contributed by atoms with E-state index in [0.717, 1.165) is 96.3 Å². The second kappa shape index (κ2) is 56.7. The number of allylic oxidation sites excluding steroid dienone is 10. The van der Waals surface area contributed by atoms with E-state index in [1.807, 2.05) is 0 Å². The molecular weight excluding hydrogens is 841 g/mol. The second-order valence-corrected chi connectivity index (χ2v) is 19.6. The maximum absolute atomic E-state index is 12.9. The predicted octanol–water partition coefficient (Wildman–Crippen LogP) is 19.6. The standard InChI is InChI=1S/C62H110O6/c1-4-7-10-13-16-19-22-25-28-30-31-33-34-37-40-43-46-49-52-55-61(64)67-58-59(57-66-60(63)54-51-48-45-42-39-36-27-24-21-18-15-12-9-6-3)68-62(65)56-53-50-47-44-41-38-35-32-29-26-23-20-17-14-11-8-5-2/h15-16,18-19,24-25,27-28,31,33,59H,4-14,17,20-23,26,29-30,32,34-58H2,1-3H3/b18-15-,19-16-,27-24-,28-25-,33-31-. The van der Waals surface area contributed by atoms with Gasteiger partial charge in [-0.25, -0.2) is 0 Å². The number of carbonyl (C=O) groups is 3. The molecule has 0 aromatic rings. The molecule has 68 heavy (non-hydrogen) atoms. The van der Waals surface area contributed by atoms with E-state index in [1.54, 1.807) is 0 Å². The van der Waals surface area contributed by atoms with Gasteiger partial charge in [0, 0.05) is 19.3 Å². The van der Waals surface area contributed by atoms with Gasteiger partial charge in [-0.3, -0.25) is 14.4 Å². The number of carbonyl (C=O) groups excluding carboxylic acids is 3. The number of hydrogen-bond acceptors (Lipinski definition) is 6. The molecule has 0 fully saturated rings. The molecule has 0 aromatic heterocycles. The summed E-state index contributed by atoms with van der Waals surface area (Å²) in [5.41, 5.74) is 0. The van der Waals surface area contributed by atoms with Crippen molar-refractivity contribution in [2.24, 2.45) is 0 Å². The van der Waals surface area contributed by atoms with Gasteiger partial charge < -0.3 is 14.2 Å². The molecule has 6 heteroatoms. The number of unbranched alkanes of at least 4 members (excludes halogenated alkanes) is 32. The van der Waals surface area contributed by atoms with Crippen LogP contribution in [-0.4, -0.2) is 37.2 Å². The van der Waals surface area contributed by atoms with Gasteiger partial charge in [0.2, 0.25) is 0 Å². The second-order valence-electron chi connectivity index (χ2n) is 19.6. The Labute approximate surface area is 421 Å². The van der Waals surface area contributed by atoms with Gasteiger partial charge in [0.1, 0.15) is 13.2 Å². The Bertz CT molecular complexity index is 1230. The monoisotopic (exact) mass is 951 g/mol. The van der Waals surface area contributed by atoms with Gasteiger partial charge >= 0.3 is 17.9 Å². The molecule has 1 atom stereocenters. The topological polar surface area (TPSA) is 78.9 Å². The zero-order chi connectivity index (χ0) is 49.3. The van der Waals surface area contributed by atoms with Crippen LogP contribution >= 0.6 is 0 Å². The molecule has 6 nitrogen and oxygen atoms in total. The molecule has 0 aliphatic heterocycles. The lowest BCUT2D eigenvalue weighted by molar-refractivity contribution is -0.167. The van der Waals surface area contributed by atoms with E-state index < -0.39 is 6.10 Å². The quantitative estimate of drug-likeness (QED) is 0.0262. The maximum atomic E-state index is 12.9. The summed E-state index contributed by atoms with van der Waals surface area (Å²) in [6, 6.07) is 0. The van der Waals surface area contributed by atoms with Crippen LogP contribution in [0.5, 0.6) is 0 Å². The number of esters is 3. The molecule has 0 amide bonds. The third-order valence-electron chi connectivity index (χ3n) is 12.7. The van der Waals surface area contributed by atoms with Crippen LogP contribution in [0, 0.1) is 0 Å². The first-order valence-electron chi connectivity index (χ1n) is 29.3. The largest absolute Gasteiger partial charge is 0.462 e. The highest BCUT2D eigenvalue weighted by Gasteiger charge is 2.19. The first kappa shape index (κ1) is 65.1. The van der Waals surface area contributed by atoms with Crippen LogP contribution in [-0.2, 0) is 28.6 Å². The minimum absolute atomic E-state index is 0.0834. The van der Waals surface area contributed by atoms with Crippen molar-refractivity contribution in [1.29, 1.82) is 0 Å². The van der Waals surface area contributed by atoms with Gasteiger partial charge in [0.25, 0.3) is 0 Å². The van der Waals surface area contributed by atoms with E-state index >= 15 is 0 Å². The Morgan fingerprint density at radius 1 is 0.294 bits per heavy atom. The van der Waals surface area contributed by atoms with Gasteiger partial charge in [-0.05, 0) is 83.5 Å². The van der Waals surface area contributed by atoms with Crippen LogP contribution in [0.2, 0.25) is 0 Å². The predicted molar refractivity (Wildman–Crippen MR) is 293 cm³/mol. The molecule has 0 heterocycles. The number of rotatable bonds is 53. The lowest BCUT2D eigenvalue weighted by atomic mass is 10.0. The van der Waals surface area contributed by atoms with Crippen molar-refractivity contribution in [3.8, 4) is 0 Å². The average Bonchev–Trinajstić information content (AvgIpc) is 3.34. The molecule has 0 bridgehead atoms. The Morgan fingerprint density at radius 3 is 0.897 bits per heavy atom. The first-order valence-corrected chi connectivity index (χ1v) is 29.3. The van der Waals surface area contributed by atoms with Crippen molar-refractivity contribution >= 4 is 17.9 Å². The molecule has 0 saturated carbocycles. The summed E-state index contributed by atoms with van der Waals surface area (Å²) < 4.78 is 16.9.